The van der Waals surface area contributed by atoms with Crippen LogP contribution in [-0.2, 0) is 4.79 Å². The topological polar surface area (TPSA) is 58.1 Å². The SMILES string of the molecule is O=C(Nc1cc(Cl)ccc1Cl)C1CCCN(c2ccc(-c3ccc(F)cc3)nn2)C1. The van der Waals surface area contributed by atoms with Gasteiger partial charge in [0.15, 0.2) is 5.82 Å². The van der Waals surface area contributed by atoms with Gasteiger partial charge in [0.2, 0.25) is 5.91 Å². The van der Waals surface area contributed by atoms with Crippen LogP contribution in [0.5, 0.6) is 0 Å². The molecule has 1 N–H and O–H groups in total. The van der Waals surface area contributed by atoms with Crippen molar-refractivity contribution in [1.82, 2.24) is 10.2 Å². The molecule has 0 spiro atoms. The van der Waals surface area contributed by atoms with Gasteiger partial charge in [0.1, 0.15) is 5.82 Å². The molecule has 0 bridgehead atoms. The van der Waals surface area contributed by atoms with Gasteiger partial charge in [-0.25, -0.2) is 4.39 Å². The second-order valence-corrected chi connectivity index (χ2v) is 8.03. The van der Waals surface area contributed by atoms with Crippen molar-refractivity contribution in [2.24, 2.45) is 5.92 Å². The summed E-state index contributed by atoms with van der Waals surface area (Å²) in [6, 6.07) is 14.8. The molecule has 3 aromatic rings. The van der Waals surface area contributed by atoms with Crippen molar-refractivity contribution in [2.75, 3.05) is 23.3 Å². The first-order valence-electron chi connectivity index (χ1n) is 9.60. The van der Waals surface area contributed by atoms with E-state index in [0.717, 1.165) is 24.9 Å². The number of nitrogens with one attached hydrogen (secondary N) is 1. The molecule has 30 heavy (non-hydrogen) atoms. The van der Waals surface area contributed by atoms with E-state index in [1.165, 1.54) is 12.1 Å². The molecular weight excluding hydrogens is 426 g/mol. The van der Waals surface area contributed by atoms with E-state index >= 15 is 0 Å². The van der Waals surface area contributed by atoms with Crippen LogP contribution in [0.4, 0.5) is 15.9 Å². The summed E-state index contributed by atoms with van der Waals surface area (Å²) in [6.07, 6.45) is 1.64. The maximum atomic E-state index is 13.1. The van der Waals surface area contributed by atoms with E-state index in [9.17, 15) is 9.18 Å². The number of hydrogen-bond donors (Lipinski definition) is 1. The fourth-order valence-electron chi connectivity index (χ4n) is 3.50. The summed E-state index contributed by atoms with van der Waals surface area (Å²) in [5.74, 6) is 0.117. The number of hydrogen-bond acceptors (Lipinski definition) is 4. The molecule has 0 radical (unpaired) electrons. The molecule has 1 atom stereocenters. The van der Waals surface area contributed by atoms with Gasteiger partial charge >= 0.3 is 0 Å². The van der Waals surface area contributed by atoms with Crippen LogP contribution < -0.4 is 10.2 Å². The Morgan fingerprint density at radius 3 is 2.60 bits per heavy atom. The van der Waals surface area contributed by atoms with Gasteiger partial charge < -0.3 is 10.2 Å². The fourth-order valence-corrected chi connectivity index (χ4v) is 3.83. The number of nitrogens with zero attached hydrogens (tertiary/aromatic N) is 3. The Labute approximate surface area is 183 Å². The van der Waals surface area contributed by atoms with E-state index in [0.29, 0.717) is 33.8 Å². The summed E-state index contributed by atoms with van der Waals surface area (Å²) >= 11 is 12.2. The maximum Gasteiger partial charge on any atom is 0.229 e. The number of carbonyl (C=O) groups excluding carboxylic acids is 1. The lowest BCUT2D eigenvalue weighted by Gasteiger charge is -2.32. The highest BCUT2D eigenvalue weighted by Crippen LogP contribution is 2.28. The number of carbonyl (C=O) groups is 1. The third-order valence-corrected chi connectivity index (χ3v) is 5.66. The third-order valence-electron chi connectivity index (χ3n) is 5.09. The Morgan fingerprint density at radius 2 is 1.87 bits per heavy atom. The molecule has 5 nitrogen and oxygen atoms in total. The van der Waals surface area contributed by atoms with Crippen LogP contribution in [0.15, 0.2) is 54.6 Å². The van der Waals surface area contributed by atoms with Gasteiger partial charge in [-0.3, -0.25) is 4.79 Å². The predicted molar refractivity (Wildman–Crippen MR) is 117 cm³/mol. The maximum absolute atomic E-state index is 13.1. The minimum absolute atomic E-state index is 0.0974. The first-order valence-corrected chi connectivity index (χ1v) is 10.4. The monoisotopic (exact) mass is 444 g/mol. The van der Waals surface area contributed by atoms with Gasteiger partial charge in [0.25, 0.3) is 0 Å². The van der Waals surface area contributed by atoms with Crippen LogP contribution in [0.25, 0.3) is 11.3 Å². The fraction of sp³-hybridized carbons (Fsp3) is 0.227. The molecule has 1 unspecified atom stereocenters. The second kappa shape index (κ2) is 8.98. The van der Waals surface area contributed by atoms with E-state index in [1.54, 1.807) is 30.3 Å². The van der Waals surface area contributed by atoms with Crippen molar-refractivity contribution in [1.29, 1.82) is 0 Å². The molecule has 0 aliphatic carbocycles. The minimum Gasteiger partial charge on any atom is -0.354 e. The highest BCUT2D eigenvalue weighted by atomic mass is 35.5. The van der Waals surface area contributed by atoms with Crippen molar-refractivity contribution in [2.45, 2.75) is 12.8 Å². The second-order valence-electron chi connectivity index (χ2n) is 7.18. The Morgan fingerprint density at radius 1 is 1.07 bits per heavy atom. The highest BCUT2D eigenvalue weighted by molar-refractivity contribution is 6.35. The van der Waals surface area contributed by atoms with Crippen LogP contribution in [-0.4, -0.2) is 29.2 Å². The Balaban J connectivity index is 1.43. The molecule has 0 saturated carbocycles. The largest absolute Gasteiger partial charge is 0.354 e. The number of anilines is 2. The molecule has 2 aromatic carbocycles. The number of halogens is 3. The van der Waals surface area contributed by atoms with Crippen molar-refractivity contribution in [3.63, 3.8) is 0 Å². The smallest absolute Gasteiger partial charge is 0.229 e. The summed E-state index contributed by atoms with van der Waals surface area (Å²) in [5.41, 5.74) is 1.97. The van der Waals surface area contributed by atoms with Gasteiger partial charge in [-0.15, -0.1) is 10.2 Å². The average molecular weight is 445 g/mol. The molecule has 1 saturated heterocycles. The first-order chi connectivity index (χ1) is 14.5. The zero-order valence-electron chi connectivity index (χ0n) is 16.0. The van der Waals surface area contributed by atoms with Crippen LogP contribution in [0, 0.1) is 11.7 Å². The molecule has 8 heteroatoms. The van der Waals surface area contributed by atoms with E-state index in [1.807, 2.05) is 12.1 Å². The Bertz CT molecular complexity index is 1040. The molecule has 154 valence electrons. The Hall–Kier alpha value is -2.70. The summed E-state index contributed by atoms with van der Waals surface area (Å²) < 4.78 is 13.1. The predicted octanol–water partition coefficient (Wildman–Crippen LogP) is 5.44. The highest BCUT2D eigenvalue weighted by Gasteiger charge is 2.27. The lowest BCUT2D eigenvalue weighted by Crippen LogP contribution is -2.41. The molecular formula is C22H19Cl2FN4O. The van der Waals surface area contributed by atoms with Crippen molar-refractivity contribution < 1.29 is 9.18 Å². The van der Waals surface area contributed by atoms with E-state index in [-0.39, 0.29) is 17.6 Å². The van der Waals surface area contributed by atoms with Crippen molar-refractivity contribution in [3.05, 3.63) is 70.5 Å². The molecule has 1 aromatic heterocycles. The van der Waals surface area contributed by atoms with Crippen molar-refractivity contribution in [3.8, 4) is 11.3 Å². The van der Waals surface area contributed by atoms with Crippen molar-refractivity contribution >= 4 is 40.6 Å². The average Bonchev–Trinajstić information content (AvgIpc) is 2.77. The molecule has 1 aliphatic heterocycles. The summed E-state index contributed by atoms with van der Waals surface area (Å²) in [5, 5.41) is 12.4. The van der Waals surface area contributed by atoms with E-state index in [2.05, 4.69) is 20.4 Å². The van der Waals surface area contributed by atoms with Gasteiger partial charge in [-0.2, -0.15) is 0 Å². The minimum atomic E-state index is -0.292. The number of aromatic nitrogens is 2. The number of amides is 1. The lowest BCUT2D eigenvalue weighted by molar-refractivity contribution is -0.120. The normalized spacial score (nSPS) is 16.4. The number of piperidine rings is 1. The molecule has 1 aliphatic rings. The lowest BCUT2D eigenvalue weighted by atomic mass is 9.97. The van der Waals surface area contributed by atoms with Gasteiger partial charge in [-0.1, -0.05) is 23.2 Å². The first kappa shape index (κ1) is 20.6. The standard InChI is InChI=1S/C22H19Cl2FN4O/c23-16-5-8-18(24)20(12-16)26-22(30)15-2-1-11-29(13-15)21-10-9-19(27-28-21)14-3-6-17(25)7-4-14/h3-10,12,15H,1-2,11,13H2,(H,26,30). The van der Waals surface area contributed by atoms with Crippen LogP contribution >= 0.6 is 23.2 Å². The van der Waals surface area contributed by atoms with E-state index in [4.69, 9.17) is 23.2 Å². The molecule has 2 heterocycles. The summed E-state index contributed by atoms with van der Waals surface area (Å²) in [6.45, 7) is 1.33. The summed E-state index contributed by atoms with van der Waals surface area (Å²) in [4.78, 5) is 14.8. The van der Waals surface area contributed by atoms with Crippen LogP contribution in [0.3, 0.4) is 0 Å². The summed E-state index contributed by atoms with van der Waals surface area (Å²) in [7, 11) is 0. The van der Waals surface area contributed by atoms with Crippen LogP contribution in [0.1, 0.15) is 12.8 Å². The number of rotatable bonds is 4. The Kier molecular flexibility index (Phi) is 6.16. The van der Waals surface area contributed by atoms with Gasteiger partial charge in [-0.05, 0) is 67.4 Å². The molecule has 1 fully saturated rings. The quantitative estimate of drug-likeness (QED) is 0.581. The van der Waals surface area contributed by atoms with Gasteiger partial charge in [0.05, 0.1) is 22.3 Å². The molecule has 1 amide bonds. The van der Waals surface area contributed by atoms with E-state index < -0.39 is 0 Å². The zero-order valence-corrected chi connectivity index (χ0v) is 17.5. The molecule has 4 rings (SSSR count). The third kappa shape index (κ3) is 4.71. The zero-order chi connectivity index (χ0) is 21.1. The number of benzene rings is 2. The van der Waals surface area contributed by atoms with Crippen LogP contribution in [0.2, 0.25) is 10.0 Å². The van der Waals surface area contributed by atoms with Gasteiger partial charge in [0, 0.05) is 23.7 Å².